The Kier molecular flexibility index (Phi) is 6.82. The van der Waals surface area contributed by atoms with E-state index < -0.39 is 0 Å². The summed E-state index contributed by atoms with van der Waals surface area (Å²) in [5.41, 5.74) is 11.1. The van der Waals surface area contributed by atoms with Gasteiger partial charge in [-0.3, -0.25) is 0 Å². The average Bonchev–Trinajstić information content (AvgIpc) is 2.91. The first-order chi connectivity index (χ1) is 12.8. The Bertz CT molecular complexity index is 823. The van der Waals surface area contributed by atoms with Gasteiger partial charge in [0, 0.05) is 12.1 Å². The van der Waals surface area contributed by atoms with Crippen LogP contribution in [0.25, 0.3) is 0 Å². The highest BCUT2D eigenvalue weighted by atomic mass is 127. The summed E-state index contributed by atoms with van der Waals surface area (Å²) < 4.78 is 11.4. The Hall–Kier alpha value is -1.96. The number of hydrogen-bond acceptors (Lipinski definition) is 3. The van der Waals surface area contributed by atoms with Crippen molar-refractivity contribution in [2.75, 3.05) is 18.5 Å². The number of rotatable bonds is 3. The zero-order valence-electron chi connectivity index (χ0n) is 15.4. The summed E-state index contributed by atoms with van der Waals surface area (Å²) in [6.07, 6.45) is 5.66. The summed E-state index contributed by atoms with van der Waals surface area (Å²) in [6, 6.07) is 12.3. The largest absolute Gasteiger partial charge is 0.490 e. The third kappa shape index (κ3) is 4.86. The van der Waals surface area contributed by atoms with E-state index in [-0.39, 0.29) is 24.0 Å². The molecule has 2 aromatic carbocycles. The van der Waals surface area contributed by atoms with Crippen molar-refractivity contribution < 1.29 is 9.47 Å². The molecule has 0 spiro atoms. The van der Waals surface area contributed by atoms with Gasteiger partial charge in [-0.05, 0) is 60.6 Å². The zero-order valence-corrected chi connectivity index (χ0v) is 17.7. The van der Waals surface area contributed by atoms with E-state index in [1.165, 1.54) is 24.0 Å². The fourth-order valence-corrected chi connectivity index (χ4v) is 3.56. The minimum atomic E-state index is 0. The average molecular weight is 479 g/mol. The highest BCUT2D eigenvalue weighted by Crippen LogP contribution is 2.31. The van der Waals surface area contributed by atoms with Crippen LogP contribution in [-0.4, -0.2) is 19.2 Å². The number of nitrogens with zero attached hydrogens (tertiary/aromatic N) is 1. The van der Waals surface area contributed by atoms with Gasteiger partial charge in [-0.15, -0.1) is 24.0 Å². The van der Waals surface area contributed by atoms with Gasteiger partial charge >= 0.3 is 0 Å². The van der Waals surface area contributed by atoms with Crippen LogP contribution in [0.5, 0.6) is 11.5 Å². The number of halogens is 1. The van der Waals surface area contributed by atoms with Gasteiger partial charge in [-0.2, -0.15) is 0 Å². The molecule has 3 N–H and O–H groups in total. The van der Waals surface area contributed by atoms with Crippen molar-refractivity contribution in [3.05, 3.63) is 53.1 Å². The van der Waals surface area contributed by atoms with Gasteiger partial charge in [0.15, 0.2) is 17.5 Å². The van der Waals surface area contributed by atoms with Crippen molar-refractivity contribution in [3.63, 3.8) is 0 Å². The number of guanidine groups is 1. The van der Waals surface area contributed by atoms with Crippen LogP contribution in [0.3, 0.4) is 0 Å². The monoisotopic (exact) mass is 479 g/mol. The van der Waals surface area contributed by atoms with Gasteiger partial charge in [-0.1, -0.05) is 18.2 Å². The molecule has 2 aliphatic rings. The van der Waals surface area contributed by atoms with E-state index in [4.69, 9.17) is 15.2 Å². The molecule has 0 amide bonds. The Labute approximate surface area is 177 Å². The standard InChI is InChI=1S/C21H25N3O2.HI/c22-21(24-18-8-3-6-16-5-1-2-7-17(16)18)23-14-15-9-10-19-20(13-15)26-12-4-11-25-19;/h3,6,8-10,13H,1-2,4-5,7,11-12,14H2,(H3,22,23,24);1H. The Morgan fingerprint density at radius 1 is 1.00 bits per heavy atom. The van der Waals surface area contributed by atoms with Crippen molar-refractivity contribution in [1.29, 1.82) is 0 Å². The molecule has 0 bridgehead atoms. The number of nitrogens with one attached hydrogen (secondary N) is 1. The van der Waals surface area contributed by atoms with Crippen molar-refractivity contribution in [2.45, 2.75) is 38.6 Å². The van der Waals surface area contributed by atoms with Gasteiger partial charge in [0.2, 0.25) is 0 Å². The van der Waals surface area contributed by atoms with E-state index in [0.717, 1.165) is 42.0 Å². The molecular weight excluding hydrogens is 453 g/mol. The number of benzene rings is 2. The van der Waals surface area contributed by atoms with E-state index >= 15 is 0 Å². The van der Waals surface area contributed by atoms with Crippen molar-refractivity contribution >= 4 is 35.6 Å². The molecule has 144 valence electrons. The fourth-order valence-electron chi connectivity index (χ4n) is 3.56. The second kappa shape index (κ2) is 9.30. The number of hydrogen-bond donors (Lipinski definition) is 2. The zero-order chi connectivity index (χ0) is 17.8. The van der Waals surface area contributed by atoms with Crippen LogP contribution < -0.4 is 20.5 Å². The molecule has 6 heteroatoms. The number of aliphatic imine (C=N–C) groups is 1. The van der Waals surface area contributed by atoms with E-state index in [2.05, 4.69) is 28.5 Å². The van der Waals surface area contributed by atoms with E-state index in [1.807, 2.05) is 18.2 Å². The SMILES string of the molecule is I.NC(=NCc1ccc2c(c1)OCCCO2)Nc1cccc2c1CCCC2. The fraction of sp³-hybridized carbons (Fsp3) is 0.381. The molecule has 0 atom stereocenters. The highest BCUT2D eigenvalue weighted by molar-refractivity contribution is 14.0. The maximum atomic E-state index is 6.13. The van der Waals surface area contributed by atoms with Gasteiger partial charge in [-0.25, -0.2) is 4.99 Å². The molecule has 27 heavy (non-hydrogen) atoms. The van der Waals surface area contributed by atoms with Crippen LogP contribution in [0.2, 0.25) is 0 Å². The molecule has 0 aromatic heterocycles. The molecule has 0 unspecified atom stereocenters. The summed E-state index contributed by atoms with van der Waals surface area (Å²) in [5.74, 6) is 2.03. The topological polar surface area (TPSA) is 68.9 Å². The van der Waals surface area contributed by atoms with E-state index in [0.29, 0.717) is 25.7 Å². The first kappa shape index (κ1) is 19.8. The van der Waals surface area contributed by atoms with Crippen LogP contribution in [0.4, 0.5) is 5.69 Å². The van der Waals surface area contributed by atoms with Crippen molar-refractivity contribution in [3.8, 4) is 11.5 Å². The quantitative estimate of drug-likeness (QED) is 0.392. The van der Waals surface area contributed by atoms with Gasteiger partial charge in [0.05, 0.1) is 19.8 Å². The third-order valence-corrected chi connectivity index (χ3v) is 4.90. The molecular formula is C21H26IN3O2. The molecule has 0 saturated carbocycles. The van der Waals surface area contributed by atoms with Crippen molar-refractivity contribution in [1.82, 2.24) is 0 Å². The molecule has 1 aliphatic carbocycles. The molecule has 0 fully saturated rings. The lowest BCUT2D eigenvalue weighted by Crippen LogP contribution is -2.24. The molecule has 0 radical (unpaired) electrons. The number of fused-ring (bicyclic) bond motifs is 2. The number of anilines is 1. The lowest BCUT2D eigenvalue weighted by molar-refractivity contribution is 0.297. The molecule has 2 aromatic rings. The maximum absolute atomic E-state index is 6.13. The Morgan fingerprint density at radius 3 is 2.70 bits per heavy atom. The maximum Gasteiger partial charge on any atom is 0.193 e. The van der Waals surface area contributed by atoms with Gasteiger partial charge in [0.25, 0.3) is 0 Å². The number of ether oxygens (including phenoxy) is 2. The van der Waals surface area contributed by atoms with E-state index in [9.17, 15) is 0 Å². The first-order valence-corrected chi connectivity index (χ1v) is 9.36. The van der Waals surface area contributed by atoms with Crippen LogP contribution in [0.1, 0.15) is 36.0 Å². The minimum absolute atomic E-state index is 0. The Balaban J connectivity index is 0.00000210. The summed E-state index contributed by atoms with van der Waals surface area (Å²) in [7, 11) is 0. The number of nitrogens with two attached hydrogens (primary N) is 1. The summed E-state index contributed by atoms with van der Waals surface area (Å²) >= 11 is 0. The van der Waals surface area contributed by atoms with Crippen LogP contribution >= 0.6 is 24.0 Å². The lowest BCUT2D eigenvalue weighted by Gasteiger charge is -2.19. The summed E-state index contributed by atoms with van der Waals surface area (Å²) in [5, 5.41) is 3.28. The van der Waals surface area contributed by atoms with Crippen LogP contribution in [0, 0.1) is 0 Å². The van der Waals surface area contributed by atoms with Crippen LogP contribution in [-0.2, 0) is 19.4 Å². The normalized spacial score (nSPS) is 15.9. The lowest BCUT2D eigenvalue weighted by atomic mass is 9.90. The van der Waals surface area contributed by atoms with Crippen molar-refractivity contribution in [2.24, 2.45) is 10.7 Å². The molecule has 0 saturated heterocycles. The predicted octanol–water partition coefficient (Wildman–Crippen LogP) is 4.27. The molecule has 1 aliphatic heterocycles. The second-order valence-electron chi connectivity index (χ2n) is 6.81. The van der Waals surface area contributed by atoms with Gasteiger partial charge in [0.1, 0.15) is 0 Å². The predicted molar refractivity (Wildman–Crippen MR) is 119 cm³/mol. The summed E-state index contributed by atoms with van der Waals surface area (Å²) in [4.78, 5) is 4.50. The van der Waals surface area contributed by atoms with Gasteiger partial charge < -0.3 is 20.5 Å². The smallest absolute Gasteiger partial charge is 0.193 e. The third-order valence-electron chi connectivity index (χ3n) is 4.90. The molecule has 5 nitrogen and oxygen atoms in total. The molecule has 1 heterocycles. The highest BCUT2D eigenvalue weighted by Gasteiger charge is 2.13. The number of aryl methyl sites for hydroxylation is 1. The molecule has 4 rings (SSSR count). The minimum Gasteiger partial charge on any atom is -0.490 e. The second-order valence-corrected chi connectivity index (χ2v) is 6.81. The summed E-state index contributed by atoms with van der Waals surface area (Å²) in [6.45, 7) is 1.88. The van der Waals surface area contributed by atoms with E-state index in [1.54, 1.807) is 0 Å². The Morgan fingerprint density at radius 2 is 1.81 bits per heavy atom. The first-order valence-electron chi connectivity index (χ1n) is 9.36. The van der Waals surface area contributed by atoms with Crippen LogP contribution in [0.15, 0.2) is 41.4 Å².